The number of ether oxygens (including phenoxy) is 1. The van der Waals surface area contributed by atoms with Crippen LogP contribution in [-0.4, -0.2) is 54.0 Å². The molecule has 1 saturated heterocycles. The summed E-state index contributed by atoms with van der Waals surface area (Å²) in [5.41, 5.74) is 3.54. The Kier molecular flexibility index (Phi) is 7.94. The molecule has 2 heterocycles. The second-order valence-electron chi connectivity index (χ2n) is 8.21. The molecule has 11 heteroatoms. The monoisotopic (exact) mass is 596 g/mol. The van der Waals surface area contributed by atoms with Gasteiger partial charge < -0.3 is 9.64 Å². The van der Waals surface area contributed by atoms with E-state index in [9.17, 15) is 14.9 Å². The normalized spacial score (nSPS) is 13.9. The quantitative estimate of drug-likeness (QED) is 0.0749. The van der Waals surface area contributed by atoms with E-state index in [1.54, 1.807) is 30.5 Å². The molecule has 0 unspecified atom stereocenters. The van der Waals surface area contributed by atoms with E-state index < -0.39 is 0 Å². The number of aromatic nitrogens is 1. The highest BCUT2D eigenvalue weighted by Crippen LogP contribution is 2.33. The standard InChI is InChI=1S/C26H21BrN4O4S2/c27-19-4-2-18(3-5-19)24(32)16-36-26-29-21-7-6-20(14-25(21)37-26)28-15-17-1-8-22(23(13-17)31(33)34)30-9-11-35-12-10-30/h1-8,13-15H,9-12,16H2. The van der Waals surface area contributed by atoms with Crippen LogP contribution < -0.4 is 4.90 Å². The summed E-state index contributed by atoms with van der Waals surface area (Å²) in [7, 11) is 0. The number of thiazole rings is 1. The number of benzene rings is 3. The zero-order valence-electron chi connectivity index (χ0n) is 19.5. The highest BCUT2D eigenvalue weighted by molar-refractivity contribution is 9.10. The van der Waals surface area contributed by atoms with E-state index in [0.29, 0.717) is 48.9 Å². The molecule has 4 aromatic rings. The molecule has 3 aromatic carbocycles. The average Bonchev–Trinajstić information content (AvgIpc) is 3.33. The molecule has 0 spiro atoms. The van der Waals surface area contributed by atoms with Crippen LogP contribution in [0.2, 0.25) is 0 Å². The Hall–Kier alpha value is -3.12. The molecule has 0 saturated carbocycles. The number of fused-ring (bicyclic) bond motifs is 1. The molecular formula is C26H21BrN4O4S2. The smallest absolute Gasteiger partial charge is 0.293 e. The lowest BCUT2D eigenvalue weighted by Gasteiger charge is -2.28. The van der Waals surface area contributed by atoms with Crippen molar-refractivity contribution >= 4 is 78.3 Å². The predicted molar refractivity (Wildman–Crippen MR) is 152 cm³/mol. The number of hydrogen-bond donors (Lipinski definition) is 0. The summed E-state index contributed by atoms with van der Waals surface area (Å²) in [6, 6.07) is 18.2. The van der Waals surface area contributed by atoms with Gasteiger partial charge in [0.05, 0.1) is 39.8 Å². The molecule has 0 aliphatic carbocycles. The van der Waals surface area contributed by atoms with Gasteiger partial charge in [-0.3, -0.25) is 19.9 Å². The van der Waals surface area contributed by atoms with Gasteiger partial charge in [0.15, 0.2) is 10.1 Å². The minimum Gasteiger partial charge on any atom is -0.378 e. The van der Waals surface area contributed by atoms with Crippen LogP contribution in [0.3, 0.4) is 0 Å². The molecule has 1 aromatic heterocycles. The molecule has 0 radical (unpaired) electrons. The number of hydrogen-bond acceptors (Lipinski definition) is 9. The van der Waals surface area contributed by atoms with E-state index in [2.05, 4.69) is 25.9 Å². The summed E-state index contributed by atoms with van der Waals surface area (Å²) in [5, 5.41) is 11.7. The first-order valence-electron chi connectivity index (χ1n) is 11.4. The first-order valence-corrected chi connectivity index (χ1v) is 14.0. The van der Waals surface area contributed by atoms with Crippen molar-refractivity contribution in [3.63, 3.8) is 0 Å². The van der Waals surface area contributed by atoms with Crippen molar-refractivity contribution in [2.24, 2.45) is 4.99 Å². The molecule has 8 nitrogen and oxygen atoms in total. The van der Waals surface area contributed by atoms with Crippen molar-refractivity contribution < 1.29 is 14.5 Å². The number of rotatable bonds is 8. The maximum atomic E-state index is 12.5. The van der Waals surface area contributed by atoms with E-state index in [4.69, 9.17) is 4.74 Å². The third-order valence-corrected chi connectivity index (χ3v) is 8.45. The van der Waals surface area contributed by atoms with Crippen LogP contribution in [0.1, 0.15) is 15.9 Å². The van der Waals surface area contributed by atoms with Crippen molar-refractivity contribution in [2.75, 3.05) is 37.0 Å². The van der Waals surface area contributed by atoms with Gasteiger partial charge in [0, 0.05) is 35.4 Å². The van der Waals surface area contributed by atoms with Crippen LogP contribution in [0.5, 0.6) is 0 Å². The van der Waals surface area contributed by atoms with E-state index in [0.717, 1.165) is 24.7 Å². The number of nitrogens with zero attached hydrogens (tertiary/aromatic N) is 4. The number of carbonyl (C=O) groups excluding carboxylic acids is 1. The first-order chi connectivity index (χ1) is 18.0. The Balaban J connectivity index is 1.28. The Labute approximate surface area is 229 Å². The number of nitro benzene ring substituents is 1. The van der Waals surface area contributed by atoms with E-state index in [-0.39, 0.29) is 16.4 Å². The van der Waals surface area contributed by atoms with Crippen molar-refractivity contribution in [3.05, 3.63) is 86.4 Å². The van der Waals surface area contributed by atoms with E-state index >= 15 is 0 Å². The fraction of sp³-hybridized carbons (Fsp3) is 0.192. The van der Waals surface area contributed by atoms with Crippen LogP contribution in [0.25, 0.3) is 10.2 Å². The Morgan fingerprint density at radius 1 is 1.16 bits per heavy atom. The Morgan fingerprint density at radius 2 is 1.95 bits per heavy atom. The molecule has 0 bridgehead atoms. The van der Waals surface area contributed by atoms with Gasteiger partial charge in [-0.1, -0.05) is 45.9 Å². The van der Waals surface area contributed by atoms with Crippen LogP contribution in [0.4, 0.5) is 17.1 Å². The average molecular weight is 598 g/mol. The van der Waals surface area contributed by atoms with Crippen LogP contribution in [-0.2, 0) is 4.74 Å². The van der Waals surface area contributed by atoms with E-state index in [1.165, 1.54) is 23.1 Å². The SMILES string of the molecule is O=C(CSc1nc2ccc(N=Cc3ccc(N4CCOCC4)c([N+](=O)[O-])c3)cc2s1)c1ccc(Br)cc1. The fourth-order valence-corrected chi connectivity index (χ4v) is 6.13. The predicted octanol–water partition coefficient (Wildman–Crippen LogP) is 6.53. The minimum atomic E-state index is -0.355. The number of nitro groups is 1. The second kappa shape index (κ2) is 11.5. The molecule has 1 aliphatic heterocycles. The molecule has 0 amide bonds. The lowest BCUT2D eigenvalue weighted by Crippen LogP contribution is -2.36. The molecule has 1 aliphatic rings. The first kappa shape index (κ1) is 25.5. The van der Waals surface area contributed by atoms with Crippen molar-refractivity contribution in [1.29, 1.82) is 0 Å². The van der Waals surface area contributed by atoms with Crippen molar-refractivity contribution in [2.45, 2.75) is 4.34 Å². The van der Waals surface area contributed by atoms with Gasteiger partial charge in [-0.25, -0.2) is 4.98 Å². The van der Waals surface area contributed by atoms with Crippen molar-refractivity contribution in [3.8, 4) is 0 Å². The summed E-state index contributed by atoms with van der Waals surface area (Å²) in [6.45, 7) is 2.37. The Bertz CT molecular complexity index is 1480. The maximum Gasteiger partial charge on any atom is 0.293 e. The van der Waals surface area contributed by atoms with Gasteiger partial charge in [-0.05, 0) is 42.0 Å². The molecule has 37 heavy (non-hydrogen) atoms. The molecular weight excluding hydrogens is 576 g/mol. The molecule has 0 N–H and O–H groups in total. The number of Topliss-reactive ketones (excluding diaryl/α,β-unsaturated/α-hetero) is 1. The highest BCUT2D eigenvalue weighted by atomic mass is 79.9. The van der Waals surface area contributed by atoms with Gasteiger partial charge in [-0.15, -0.1) is 11.3 Å². The largest absolute Gasteiger partial charge is 0.378 e. The fourth-order valence-electron chi connectivity index (χ4n) is 3.87. The van der Waals surface area contributed by atoms with Crippen LogP contribution in [0.15, 0.2) is 74.5 Å². The Morgan fingerprint density at radius 3 is 2.70 bits per heavy atom. The zero-order chi connectivity index (χ0) is 25.8. The molecule has 5 rings (SSSR count). The van der Waals surface area contributed by atoms with Crippen molar-refractivity contribution in [1.82, 2.24) is 4.98 Å². The maximum absolute atomic E-state index is 12.5. The number of ketones is 1. The van der Waals surface area contributed by atoms with Crippen LogP contribution in [0, 0.1) is 10.1 Å². The number of aliphatic imine (C=N–C) groups is 1. The van der Waals surface area contributed by atoms with Gasteiger partial charge in [0.2, 0.25) is 0 Å². The van der Waals surface area contributed by atoms with Crippen LogP contribution >= 0.6 is 39.0 Å². The molecule has 0 atom stereocenters. The third kappa shape index (κ3) is 6.24. The molecule has 1 fully saturated rings. The summed E-state index contributed by atoms with van der Waals surface area (Å²) in [6.07, 6.45) is 1.63. The number of halogens is 1. The number of anilines is 1. The highest BCUT2D eigenvalue weighted by Gasteiger charge is 2.21. The van der Waals surface area contributed by atoms with Gasteiger partial charge in [0.1, 0.15) is 5.69 Å². The summed E-state index contributed by atoms with van der Waals surface area (Å²) < 4.78 is 8.07. The number of thioether (sulfide) groups is 1. The lowest BCUT2D eigenvalue weighted by molar-refractivity contribution is -0.384. The summed E-state index contributed by atoms with van der Waals surface area (Å²) >= 11 is 6.31. The number of morpholine rings is 1. The third-order valence-electron chi connectivity index (χ3n) is 5.76. The summed E-state index contributed by atoms with van der Waals surface area (Å²) in [4.78, 5) is 34.9. The topological polar surface area (TPSA) is 97.9 Å². The van der Waals surface area contributed by atoms with Gasteiger partial charge in [-0.2, -0.15) is 0 Å². The summed E-state index contributed by atoms with van der Waals surface area (Å²) in [5.74, 6) is 0.363. The second-order valence-corrected chi connectivity index (χ2v) is 11.4. The van der Waals surface area contributed by atoms with Gasteiger partial charge in [0.25, 0.3) is 5.69 Å². The lowest BCUT2D eigenvalue weighted by atomic mass is 10.1. The van der Waals surface area contributed by atoms with E-state index in [1.807, 2.05) is 41.3 Å². The number of carbonyl (C=O) groups is 1. The minimum absolute atomic E-state index is 0.0516. The molecule has 188 valence electrons. The zero-order valence-corrected chi connectivity index (χ0v) is 22.7. The van der Waals surface area contributed by atoms with Gasteiger partial charge >= 0.3 is 0 Å².